The fraction of sp³-hybridized carbons (Fsp3) is 0.429. The number of piperidine rings is 1. The van der Waals surface area contributed by atoms with E-state index in [-0.39, 0.29) is 11.5 Å². The Kier molecular flexibility index (Phi) is 15.0. The third-order valence-corrected chi connectivity index (χ3v) is 9.15. The minimum atomic E-state index is -0.407. The van der Waals surface area contributed by atoms with Gasteiger partial charge in [-0.3, -0.25) is 0 Å². The molecule has 2 nitrogen and oxygen atoms in total. The van der Waals surface area contributed by atoms with Gasteiger partial charge in [-0.25, -0.2) is 0 Å². The summed E-state index contributed by atoms with van der Waals surface area (Å²) in [5.41, 5.74) is 10.7. The maximum absolute atomic E-state index is 4.60. The van der Waals surface area contributed by atoms with Crippen molar-refractivity contribution in [3.8, 4) is 0 Å². The van der Waals surface area contributed by atoms with Gasteiger partial charge in [0.15, 0.2) is 0 Å². The molecule has 2 aromatic rings. The molecule has 2 heterocycles. The number of rotatable bonds is 5. The second kappa shape index (κ2) is 17.1. The number of likely N-dealkylation sites (tertiary alicyclic amines) is 1. The van der Waals surface area contributed by atoms with Gasteiger partial charge in [0, 0.05) is 28.9 Å². The molecular formula is C42H62N2. The van der Waals surface area contributed by atoms with Crippen LogP contribution in [0.15, 0.2) is 109 Å². The van der Waals surface area contributed by atoms with Gasteiger partial charge in [0.2, 0.25) is 0 Å². The molecule has 2 unspecified atom stereocenters. The molecule has 2 aliphatic heterocycles. The van der Waals surface area contributed by atoms with Crippen LogP contribution in [0, 0.1) is 19.3 Å². The number of benzene rings is 2. The highest BCUT2D eigenvalue weighted by Crippen LogP contribution is 2.56. The maximum atomic E-state index is 4.60. The maximum Gasteiger partial charge on any atom is 0.120 e. The van der Waals surface area contributed by atoms with E-state index < -0.39 is 5.66 Å². The van der Waals surface area contributed by atoms with Gasteiger partial charge in [0.25, 0.3) is 0 Å². The zero-order valence-electron chi connectivity index (χ0n) is 30.6. The lowest BCUT2D eigenvalue weighted by atomic mass is 9.63. The van der Waals surface area contributed by atoms with Gasteiger partial charge >= 0.3 is 0 Å². The summed E-state index contributed by atoms with van der Waals surface area (Å²) in [6.07, 6.45) is 11.0. The molecule has 0 saturated carbocycles. The van der Waals surface area contributed by atoms with Gasteiger partial charge in [-0.15, -0.1) is 0 Å². The summed E-state index contributed by atoms with van der Waals surface area (Å²) in [5.74, 6) is 0. The molecule has 44 heavy (non-hydrogen) atoms. The van der Waals surface area contributed by atoms with Crippen LogP contribution in [-0.2, 0) is 0 Å². The fourth-order valence-corrected chi connectivity index (χ4v) is 6.57. The highest BCUT2D eigenvalue weighted by atomic mass is 15.4. The molecule has 2 heteroatoms. The summed E-state index contributed by atoms with van der Waals surface area (Å²) in [4.78, 5) is 5.26. The van der Waals surface area contributed by atoms with Gasteiger partial charge in [-0.05, 0) is 81.0 Å². The predicted octanol–water partition coefficient (Wildman–Crippen LogP) is 12.2. The Morgan fingerprint density at radius 1 is 0.841 bits per heavy atom. The lowest BCUT2D eigenvalue weighted by Gasteiger charge is -2.65. The van der Waals surface area contributed by atoms with E-state index in [9.17, 15) is 0 Å². The average Bonchev–Trinajstić information content (AvgIpc) is 3.05. The molecule has 1 saturated heterocycles. The summed E-state index contributed by atoms with van der Waals surface area (Å²) in [6, 6.07) is 17.6. The highest BCUT2D eigenvalue weighted by molar-refractivity contribution is 5.80. The van der Waals surface area contributed by atoms with Crippen LogP contribution < -0.4 is 0 Å². The second-order valence-electron chi connectivity index (χ2n) is 11.4. The lowest BCUT2D eigenvalue weighted by molar-refractivity contribution is -0.0834. The van der Waals surface area contributed by atoms with Crippen molar-refractivity contribution in [2.24, 2.45) is 5.41 Å². The Balaban J connectivity index is 0.00000152. The van der Waals surface area contributed by atoms with E-state index in [1.807, 2.05) is 47.6 Å². The van der Waals surface area contributed by atoms with E-state index in [2.05, 4.69) is 151 Å². The number of aryl methyl sites for hydroxylation is 2. The first-order chi connectivity index (χ1) is 21.0. The first-order valence-corrected chi connectivity index (χ1v) is 16.8. The van der Waals surface area contributed by atoms with Crippen LogP contribution in [0.4, 0.5) is 0 Å². The summed E-state index contributed by atoms with van der Waals surface area (Å²) in [6.45, 7) is 39.7. The lowest BCUT2D eigenvalue weighted by Crippen LogP contribution is -2.70. The summed E-state index contributed by atoms with van der Waals surface area (Å²) in [5, 5.41) is 0. The van der Waals surface area contributed by atoms with Gasteiger partial charge < -0.3 is 9.80 Å². The summed E-state index contributed by atoms with van der Waals surface area (Å²) < 4.78 is 0. The third-order valence-electron chi connectivity index (χ3n) is 9.15. The predicted molar refractivity (Wildman–Crippen MR) is 199 cm³/mol. The van der Waals surface area contributed by atoms with Crippen molar-refractivity contribution in [2.75, 3.05) is 6.54 Å². The van der Waals surface area contributed by atoms with Crippen molar-refractivity contribution < 1.29 is 0 Å². The Morgan fingerprint density at radius 3 is 1.82 bits per heavy atom. The second-order valence-corrected chi connectivity index (χ2v) is 11.4. The van der Waals surface area contributed by atoms with Crippen LogP contribution in [0.2, 0.25) is 0 Å². The first kappa shape index (κ1) is 38.5. The van der Waals surface area contributed by atoms with E-state index >= 15 is 0 Å². The molecule has 0 bridgehead atoms. The Labute approximate surface area is 272 Å². The number of allylic oxidation sites excluding steroid dienone is 6. The topological polar surface area (TPSA) is 6.48 Å². The third kappa shape index (κ3) is 7.06. The van der Waals surface area contributed by atoms with Crippen molar-refractivity contribution in [2.45, 2.75) is 109 Å². The van der Waals surface area contributed by atoms with E-state index in [1.54, 1.807) is 0 Å². The minimum Gasteiger partial charge on any atom is -0.345 e. The Morgan fingerprint density at radius 2 is 1.34 bits per heavy atom. The molecular weight excluding hydrogens is 532 g/mol. The highest BCUT2D eigenvalue weighted by Gasteiger charge is 2.58. The van der Waals surface area contributed by atoms with E-state index in [0.717, 1.165) is 12.1 Å². The smallest absolute Gasteiger partial charge is 0.120 e. The molecule has 1 fully saturated rings. The van der Waals surface area contributed by atoms with Crippen LogP contribution in [0.25, 0.3) is 11.3 Å². The van der Waals surface area contributed by atoms with Crippen molar-refractivity contribution in [3.05, 3.63) is 131 Å². The monoisotopic (exact) mass is 594 g/mol. The molecule has 0 amide bonds. The van der Waals surface area contributed by atoms with Crippen LogP contribution in [-0.4, -0.2) is 28.0 Å². The molecule has 0 aliphatic carbocycles. The molecule has 0 N–H and O–H groups in total. The normalized spacial score (nSPS) is 21.9. The molecule has 2 aliphatic rings. The average molecular weight is 595 g/mol. The van der Waals surface area contributed by atoms with Gasteiger partial charge in [0.1, 0.15) is 5.66 Å². The Bertz CT molecular complexity index is 1380. The zero-order valence-corrected chi connectivity index (χ0v) is 30.6. The fourth-order valence-electron chi connectivity index (χ4n) is 6.57. The van der Waals surface area contributed by atoms with Gasteiger partial charge in [-0.2, -0.15) is 0 Å². The van der Waals surface area contributed by atoms with E-state index in [0.29, 0.717) is 0 Å². The molecule has 240 valence electrons. The minimum absolute atomic E-state index is 0.126. The molecule has 2 aromatic carbocycles. The Hall–Kier alpha value is -3.52. The van der Waals surface area contributed by atoms with Gasteiger partial charge in [0.05, 0.1) is 6.04 Å². The van der Waals surface area contributed by atoms with E-state index in [4.69, 9.17) is 0 Å². The van der Waals surface area contributed by atoms with Crippen LogP contribution in [0.3, 0.4) is 0 Å². The molecule has 0 aromatic heterocycles. The van der Waals surface area contributed by atoms with Gasteiger partial charge in [-0.1, -0.05) is 141 Å². The van der Waals surface area contributed by atoms with E-state index in [1.165, 1.54) is 44.8 Å². The standard InChI is InChI=1S/C36H44N2.3C2H6/c1-11-17-33-28(6)29(7)38(27(5)12-2)36(10,35(33,8)9)37-24-30(31-20-15-13-18-25(31)3)22-23-34(37)32-21-16-14-19-26(32)4;3*1-2/h11-23,29H,1,6,24H2,2-5,7-10H3;3*1-2H3/b27-12-,33-17+;;;. The number of nitrogens with zero attached hydrogens (tertiary/aromatic N) is 2. The number of hydrogen-bond donors (Lipinski definition) is 0. The number of hydrogen-bond acceptors (Lipinski definition) is 2. The molecule has 0 radical (unpaired) electrons. The van der Waals surface area contributed by atoms with Crippen LogP contribution in [0.5, 0.6) is 0 Å². The first-order valence-electron chi connectivity index (χ1n) is 16.8. The molecule has 0 spiro atoms. The van der Waals surface area contributed by atoms with Crippen molar-refractivity contribution in [3.63, 3.8) is 0 Å². The summed E-state index contributed by atoms with van der Waals surface area (Å²) in [7, 11) is 0. The van der Waals surface area contributed by atoms with Crippen molar-refractivity contribution in [1.82, 2.24) is 9.80 Å². The van der Waals surface area contributed by atoms with Crippen LogP contribution >= 0.6 is 0 Å². The largest absolute Gasteiger partial charge is 0.345 e. The van der Waals surface area contributed by atoms with Crippen LogP contribution in [0.1, 0.15) is 105 Å². The van der Waals surface area contributed by atoms with Crippen molar-refractivity contribution >= 4 is 11.3 Å². The molecule has 2 atom stereocenters. The molecule has 4 rings (SSSR count). The SMILES string of the molecule is C=C/C=C1\C(=C)C(C)N(/C(C)=C\C)C(C)(N2CC(c3ccccc3C)=CC=C2c2ccccc2C)C1(C)C.CC.CC.CC. The summed E-state index contributed by atoms with van der Waals surface area (Å²) >= 11 is 0. The zero-order chi connectivity index (χ0) is 33.8. The quantitative estimate of drug-likeness (QED) is 0.340. The van der Waals surface area contributed by atoms with Crippen molar-refractivity contribution in [1.29, 1.82) is 0 Å².